The number of benzene rings is 1. The molecule has 5 rings (SSSR count). The first-order chi connectivity index (χ1) is 14.8. The number of aromatic hydroxyl groups is 1. The summed E-state index contributed by atoms with van der Waals surface area (Å²) in [7, 11) is 0. The summed E-state index contributed by atoms with van der Waals surface area (Å²) in [4.78, 5) is 18.6. The van der Waals surface area contributed by atoms with Gasteiger partial charge in [-0.25, -0.2) is 9.98 Å². The fourth-order valence-electron chi connectivity index (χ4n) is 4.05. The second kappa shape index (κ2) is 8.12. The lowest BCUT2D eigenvalue weighted by Gasteiger charge is -2.24. The molecule has 0 bridgehead atoms. The van der Waals surface area contributed by atoms with Crippen molar-refractivity contribution in [2.24, 2.45) is 4.99 Å². The largest absolute Gasteiger partial charge is 0.492 e. The zero-order valence-electron chi connectivity index (χ0n) is 16.6. The fourth-order valence-corrected chi connectivity index (χ4v) is 4.05. The number of hydrogen-bond acceptors (Lipinski definition) is 6. The van der Waals surface area contributed by atoms with Gasteiger partial charge < -0.3 is 20.3 Å². The number of aliphatic imine (C=N–C) groups is 1. The van der Waals surface area contributed by atoms with Gasteiger partial charge in [0.05, 0.1) is 6.04 Å². The Bertz CT molecular complexity index is 1080. The summed E-state index contributed by atoms with van der Waals surface area (Å²) in [5.41, 5.74) is 3.57. The van der Waals surface area contributed by atoms with Crippen LogP contribution in [0.5, 0.6) is 5.88 Å². The van der Waals surface area contributed by atoms with Crippen molar-refractivity contribution >= 4 is 29.6 Å². The summed E-state index contributed by atoms with van der Waals surface area (Å²) >= 11 is 0. The lowest BCUT2D eigenvalue weighted by Crippen LogP contribution is -2.29. The second-order valence-electron chi connectivity index (χ2n) is 7.67. The Morgan fingerprint density at radius 2 is 1.97 bits per heavy atom. The van der Waals surface area contributed by atoms with Gasteiger partial charge in [-0.15, -0.1) is 0 Å². The number of anilines is 1. The predicted molar refractivity (Wildman–Crippen MR) is 119 cm³/mol. The number of rotatable bonds is 6. The monoisotopic (exact) mass is 400 g/mol. The Labute approximate surface area is 175 Å². The van der Waals surface area contributed by atoms with E-state index < -0.39 is 0 Å². The third-order valence-electron chi connectivity index (χ3n) is 5.59. The number of allylic oxidation sites excluding steroid dienone is 1. The summed E-state index contributed by atoms with van der Waals surface area (Å²) in [6.45, 7) is 3.14. The summed E-state index contributed by atoms with van der Waals surface area (Å²) in [6.07, 6.45) is 7.82. The molecule has 2 aliphatic heterocycles. The third kappa shape index (κ3) is 3.84. The van der Waals surface area contributed by atoms with Crippen molar-refractivity contribution in [2.45, 2.75) is 18.9 Å². The van der Waals surface area contributed by atoms with E-state index >= 15 is 0 Å². The maximum atomic E-state index is 10.4. The molecule has 4 heterocycles. The molecule has 0 radical (unpaired) electrons. The van der Waals surface area contributed by atoms with E-state index in [1.807, 2.05) is 36.4 Å². The highest BCUT2D eigenvalue weighted by Gasteiger charge is 2.21. The molecular weight excluding hydrogens is 376 g/mol. The molecule has 0 spiro atoms. The molecule has 2 aromatic heterocycles. The average molecular weight is 400 g/mol. The van der Waals surface area contributed by atoms with Gasteiger partial charge in [0.1, 0.15) is 5.69 Å². The molecule has 3 N–H and O–H groups in total. The van der Waals surface area contributed by atoms with Gasteiger partial charge in [0.2, 0.25) is 11.8 Å². The third-order valence-corrected chi connectivity index (χ3v) is 5.59. The Balaban J connectivity index is 1.39. The molecule has 7 heteroatoms. The smallest absolute Gasteiger partial charge is 0.238 e. The molecular formula is C23H24N6O. The lowest BCUT2D eigenvalue weighted by atomic mass is 10.1. The van der Waals surface area contributed by atoms with Crippen molar-refractivity contribution in [3.8, 4) is 5.88 Å². The van der Waals surface area contributed by atoms with Gasteiger partial charge in [-0.3, -0.25) is 0 Å². The number of pyridine rings is 1. The van der Waals surface area contributed by atoms with Gasteiger partial charge in [0, 0.05) is 30.1 Å². The zero-order valence-corrected chi connectivity index (χ0v) is 16.6. The van der Waals surface area contributed by atoms with Crippen molar-refractivity contribution in [3.63, 3.8) is 0 Å². The standard InChI is InChI=1S/C23H24N6O/c30-22-19(13-17-14-25-21-18(17)9-6-10-24-21)26-23(28-22)27-20(15-29-11-4-5-12-29)16-7-2-1-3-8-16/h1-3,6-10,13-14,20,30H,4-5,11-12,15H2,(H2,26,27,28)/t20-/m0/s1. The molecule has 1 atom stereocenters. The van der Waals surface area contributed by atoms with E-state index in [9.17, 15) is 5.11 Å². The minimum Gasteiger partial charge on any atom is -0.492 e. The fraction of sp³-hybridized carbons (Fsp3) is 0.261. The van der Waals surface area contributed by atoms with Crippen molar-refractivity contribution < 1.29 is 5.11 Å². The molecule has 30 heavy (non-hydrogen) atoms. The first-order valence-corrected chi connectivity index (χ1v) is 10.3. The van der Waals surface area contributed by atoms with E-state index in [2.05, 4.69) is 42.3 Å². The van der Waals surface area contributed by atoms with Gasteiger partial charge in [-0.1, -0.05) is 30.3 Å². The summed E-state index contributed by atoms with van der Waals surface area (Å²) in [5, 5.41) is 13.9. The number of likely N-dealkylation sites (tertiary alicyclic amines) is 1. The van der Waals surface area contributed by atoms with Crippen molar-refractivity contribution in [1.82, 2.24) is 19.9 Å². The van der Waals surface area contributed by atoms with Crippen LogP contribution in [0.2, 0.25) is 0 Å². The first-order valence-electron chi connectivity index (χ1n) is 10.3. The maximum absolute atomic E-state index is 10.4. The number of fused-ring (bicyclic) bond motifs is 1. The molecule has 0 unspecified atom stereocenters. The predicted octanol–water partition coefficient (Wildman–Crippen LogP) is 4.02. The topological polar surface area (TPSA) is 89.4 Å². The van der Waals surface area contributed by atoms with Gasteiger partial charge in [-0.2, -0.15) is 4.98 Å². The Morgan fingerprint density at radius 3 is 2.80 bits per heavy atom. The summed E-state index contributed by atoms with van der Waals surface area (Å²) in [6, 6.07) is 14.3. The van der Waals surface area contributed by atoms with E-state index in [1.165, 1.54) is 18.4 Å². The molecule has 152 valence electrons. The van der Waals surface area contributed by atoms with E-state index in [1.54, 1.807) is 12.4 Å². The number of hydrogen-bond donors (Lipinski definition) is 3. The quantitative estimate of drug-likeness (QED) is 0.582. The molecule has 1 fully saturated rings. The first kappa shape index (κ1) is 18.6. The average Bonchev–Trinajstić information content (AvgIpc) is 3.50. The van der Waals surface area contributed by atoms with Gasteiger partial charge in [-0.05, 0) is 49.7 Å². The molecule has 7 nitrogen and oxygen atoms in total. The van der Waals surface area contributed by atoms with E-state index in [0.29, 0.717) is 17.5 Å². The maximum Gasteiger partial charge on any atom is 0.238 e. The Hall–Kier alpha value is -3.45. The van der Waals surface area contributed by atoms with Crippen LogP contribution in [0, 0.1) is 0 Å². The summed E-state index contributed by atoms with van der Waals surface area (Å²) in [5.74, 6) is 1.20. The molecule has 0 amide bonds. The molecule has 0 aliphatic carbocycles. The van der Waals surface area contributed by atoms with Crippen molar-refractivity contribution in [3.05, 3.63) is 65.5 Å². The number of imidazole rings is 1. The van der Waals surface area contributed by atoms with Crippen molar-refractivity contribution in [1.29, 1.82) is 0 Å². The minimum atomic E-state index is -0.0382. The van der Waals surface area contributed by atoms with Gasteiger partial charge in [0.15, 0.2) is 5.82 Å². The van der Waals surface area contributed by atoms with Crippen LogP contribution in [0.1, 0.15) is 35.7 Å². The van der Waals surface area contributed by atoms with E-state index in [-0.39, 0.29) is 11.9 Å². The molecule has 0 saturated carbocycles. The van der Waals surface area contributed by atoms with Gasteiger partial charge >= 0.3 is 0 Å². The number of nitrogens with zero attached hydrogens (tertiary/aromatic N) is 4. The number of aromatic amines is 1. The number of nitrogens with one attached hydrogen (secondary N) is 2. The van der Waals surface area contributed by atoms with Crippen LogP contribution in [-0.2, 0) is 0 Å². The van der Waals surface area contributed by atoms with Crippen LogP contribution in [0.25, 0.3) is 11.6 Å². The molecule has 1 aromatic carbocycles. The van der Waals surface area contributed by atoms with Crippen LogP contribution >= 0.6 is 0 Å². The summed E-state index contributed by atoms with van der Waals surface area (Å²) < 4.78 is 0. The van der Waals surface area contributed by atoms with Crippen molar-refractivity contribution in [2.75, 3.05) is 25.0 Å². The molecule has 3 aromatic rings. The van der Waals surface area contributed by atoms with Crippen LogP contribution in [0.4, 0.5) is 11.8 Å². The lowest BCUT2D eigenvalue weighted by molar-refractivity contribution is 0.323. The zero-order chi connectivity index (χ0) is 20.3. The second-order valence-corrected chi connectivity index (χ2v) is 7.67. The van der Waals surface area contributed by atoms with E-state index in [0.717, 1.165) is 30.8 Å². The SMILES string of the molecule is Oc1nc(N[C@@H](CN2CCCC2)c2ccccc2)[nH]c1C=C1C=Nc2ncccc21. The number of aromatic nitrogens is 3. The van der Waals surface area contributed by atoms with Crippen LogP contribution in [0.3, 0.4) is 0 Å². The molecule has 2 aliphatic rings. The Kier molecular flexibility index (Phi) is 5.03. The van der Waals surface area contributed by atoms with Gasteiger partial charge in [0.25, 0.3) is 0 Å². The highest BCUT2D eigenvalue weighted by atomic mass is 16.3. The van der Waals surface area contributed by atoms with Crippen LogP contribution in [0.15, 0.2) is 53.7 Å². The Morgan fingerprint density at radius 1 is 1.13 bits per heavy atom. The minimum absolute atomic E-state index is 0.0382. The van der Waals surface area contributed by atoms with E-state index in [4.69, 9.17) is 0 Å². The highest BCUT2D eigenvalue weighted by molar-refractivity contribution is 6.20. The van der Waals surface area contributed by atoms with Crippen LogP contribution < -0.4 is 5.32 Å². The number of H-pyrrole nitrogens is 1. The molecule has 1 saturated heterocycles. The van der Waals surface area contributed by atoms with Crippen LogP contribution in [-0.4, -0.2) is 50.8 Å². The normalized spacial score (nSPS) is 18.1. The highest BCUT2D eigenvalue weighted by Crippen LogP contribution is 2.32.